The summed E-state index contributed by atoms with van der Waals surface area (Å²) in [5, 5.41) is 9.63. The van der Waals surface area contributed by atoms with Gasteiger partial charge >= 0.3 is 5.97 Å². The van der Waals surface area contributed by atoms with Crippen molar-refractivity contribution in [3.8, 4) is 11.8 Å². The Morgan fingerprint density at radius 3 is 2.58 bits per heavy atom. The minimum absolute atomic E-state index is 0.0148. The summed E-state index contributed by atoms with van der Waals surface area (Å²) in [5.41, 5.74) is 3.12. The summed E-state index contributed by atoms with van der Waals surface area (Å²) < 4.78 is 21.0. The van der Waals surface area contributed by atoms with Gasteiger partial charge in [-0.2, -0.15) is 0 Å². The maximum absolute atomic E-state index is 15.8. The van der Waals surface area contributed by atoms with Crippen molar-refractivity contribution in [1.29, 1.82) is 0 Å². The Hall–Kier alpha value is -3.24. The number of halogens is 1. The molecule has 0 aromatic heterocycles. The second kappa shape index (κ2) is 10.6. The third-order valence-corrected chi connectivity index (χ3v) is 10.0. The van der Waals surface area contributed by atoms with E-state index in [2.05, 4.69) is 43.0 Å². The van der Waals surface area contributed by atoms with Crippen LogP contribution in [-0.2, 0) is 19.1 Å². The first-order valence-corrected chi connectivity index (χ1v) is 14.2. The summed E-state index contributed by atoms with van der Waals surface area (Å²) in [6.07, 6.45) is 3.22. The largest absolute Gasteiger partial charge is 0.458 e. The molecule has 4 aliphatic carbocycles. The van der Waals surface area contributed by atoms with Crippen LogP contribution in [0.15, 0.2) is 47.1 Å². The number of aliphatic hydroxyl groups is 1. The molecule has 0 aliphatic heterocycles. The molecule has 6 nitrogen and oxygen atoms in total. The number of carbonyl (C=O) groups is 3. The average Bonchev–Trinajstić information content (AvgIpc) is 3.23. The number of benzene rings is 1. The van der Waals surface area contributed by atoms with E-state index in [1.165, 1.54) is 18.6 Å². The van der Waals surface area contributed by atoms with Crippen molar-refractivity contribution in [2.75, 3.05) is 32.2 Å². The first-order valence-electron chi connectivity index (χ1n) is 14.2. The molecule has 5 rings (SSSR count). The number of anilines is 1. The van der Waals surface area contributed by atoms with Gasteiger partial charge in [-0.25, -0.2) is 4.39 Å². The Bertz CT molecular complexity index is 1350. The molecule has 7 heteroatoms. The van der Waals surface area contributed by atoms with Crippen LogP contribution in [0.3, 0.4) is 0 Å². The molecule has 4 aliphatic rings. The predicted molar refractivity (Wildman–Crippen MR) is 150 cm³/mol. The standard InChI is InChI=1S/C33H38FNO5/c1-20(37)40-19-30(39)33(13-5-15-36)14-12-28-26-17-29(34)25-16-23(38)10-11-24(25)31(26)27(18-32(28,33)2)21-6-8-22(9-7-21)35(3)4/h6-9,16,26-29,36H,10-12,14-15,17-19H2,1-4H3/t26-,27+,28-,29?,32-,33+/m0/s1. The zero-order valence-electron chi connectivity index (χ0n) is 23.8. The maximum atomic E-state index is 15.8. The van der Waals surface area contributed by atoms with Crippen LogP contribution in [0.25, 0.3) is 0 Å². The number of Topliss-reactive ketones (excluding diaryl/α,β-unsaturated/α-hetero) is 1. The minimum atomic E-state index is -1.23. The molecular formula is C33H38FNO5. The van der Waals surface area contributed by atoms with Gasteiger partial charge in [0.1, 0.15) is 12.8 Å². The molecule has 0 bridgehead atoms. The van der Waals surface area contributed by atoms with Gasteiger partial charge in [0.05, 0.1) is 5.41 Å². The lowest BCUT2D eigenvalue weighted by Gasteiger charge is -2.55. The van der Waals surface area contributed by atoms with E-state index in [9.17, 15) is 19.5 Å². The molecule has 0 spiro atoms. The molecule has 1 unspecified atom stereocenters. The average molecular weight is 548 g/mol. The van der Waals surface area contributed by atoms with E-state index in [-0.39, 0.29) is 49.0 Å². The molecule has 2 saturated carbocycles. The zero-order chi connectivity index (χ0) is 28.8. The van der Waals surface area contributed by atoms with Crippen LogP contribution in [-0.4, -0.2) is 56.1 Å². The van der Waals surface area contributed by atoms with Crippen LogP contribution < -0.4 is 4.90 Å². The van der Waals surface area contributed by atoms with Crippen LogP contribution in [0.1, 0.15) is 63.9 Å². The number of ketones is 2. The van der Waals surface area contributed by atoms with Gasteiger partial charge in [-0.15, -0.1) is 0 Å². The van der Waals surface area contributed by atoms with Crippen molar-refractivity contribution >= 4 is 23.2 Å². The maximum Gasteiger partial charge on any atom is 0.303 e. The van der Waals surface area contributed by atoms with Crippen molar-refractivity contribution < 1.29 is 28.6 Å². The fourth-order valence-electron chi connectivity index (χ4n) is 8.18. The Balaban J connectivity index is 1.69. The molecule has 1 aromatic rings. The van der Waals surface area contributed by atoms with Crippen molar-refractivity contribution in [2.24, 2.45) is 22.7 Å². The molecular weight excluding hydrogens is 509 g/mol. The number of rotatable bonds is 5. The highest BCUT2D eigenvalue weighted by atomic mass is 19.1. The first-order chi connectivity index (χ1) is 19.0. The number of ether oxygens (including phenoxy) is 1. The van der Waals surface area contributed by atoms with Crippen molar-refractivity contribution in [2.45, 2.75) is 64.5 Å². The number of aliphatic hydroxyl groups excluding tert-OH is 1. The van der Waals surface area contributed by atoms with E-state index in [1.807, 2.05) is 19.0 Å². The lowest BCUT2D eigenvalue weighted by atomic mass is 9.48. The molecule has 40 heavy (non-hydrogen) atoms. The molecule has 6 atom stereocenters. The van der Waals surface area contributed by atoms with E-state index in [0.29, 0.717) is 37.7 Å². The molecule has 212 valence electrons. The summed E-state index contributed by atoms with van der Waals surface area (Å²) in [7, 11) is 3.98. The number of hydrogen-bond donors (Lipinski definition) is 1. The molecule has 0 amide bonds. The van der Waals surface area contributed by atoms with E-state index in [0.717, 1.165) is 16.8 Å². The number of hydrogen-bond acceptors (Lipinski definition) is 6. The normalized spacial score (nSPS) is 32.6. The van der Waals surface area contributed by atoms with Gasteiger partial charge in [-0.1, -0.05) is 36.5 Å². The second-order valence-corrected chi connectivity index (χ2v) is 12.2. The van der Waals surface area contributed by atoms with Crippen LogP contribution in [0.2, 0.25) is 0 Å². The van der Waals surface area contributed by atoms with Crippen molar-refractivity contribution in [3.63, 3.8) is 0 Å². The fourth-order valence-corrected chi connectivity index (χ4v) is 8.18. The summed E-state index contributed by atoms with van der Waals surface area (Å²) in [6.45, 7) is 2.61. The summed E-state index contributed by atoms with van der Waals surface area (Å²) in [4.78, 5) is 39.8. The number of alkyl halides is 1. The predicted octanol–water partition coefficient (Wildman–Crippen LogP) is 4.71. The van der Waals surface area contributed by atoms with E-state index in [4.69, 9.17) is 4.74 Å². The molecule has 1 aromatic carbocycles. The zero-order valence-corrected chi connectivity index (χ0v) is 23.8. The highest BCUT2D eigenvalue weighted by Crippen LogP contribution is 2.69. The number of esters is 1. The van der Waals surface area contributed by atoms with Crippen molar-refractivity contribution in [1.82, 2.24) is 0 Å². The Morgan fingerprint density at radius 1 is 1.20 bits per heavy atom. The SMILES string of the molecule is CC(=O)OCC(=O)[C@@]1(C#CCO)CC[C@H]2[C@@H]3CC(F)C4=CC(=O)CCC4=C3[C@@H](c3ccc(N(C)C)cc3)C[C@@]21C. The van der Waals surface area contributed by atoms with Gasteiger partial charge in [0.25, 0.3) is 0 Å². The van der Waals surface area contributed by atoms with Gasteiger partial charge in [-0.05, 0) is 84.3 Å². The van der Waals surface area contributed by atoms with E-state index < -0.39 is 23.0 Å². The Labute approximate surface area is 235 Å². The minimum Gasteiger partial charge on any atom is -0.458 e. The van der Waals surface area contributed by atoms with Gasteiger partial charge < -0.3 is 14.7 Å². The second-order valence-electron chi connectivity index (χ2n) is 12.2. The third-order valence-electron chi connectivity index (χ3n) is 10.0. The topological polar surface area (TPSA) is 83.9 Å². The summed E-state index contributed by atoms with van der Waals surface area (Å²) in [5.74, 6) is 4.90. The van der Waals surface area contributed by atoms with Crippen LogP contribution in [0.4, 0.5) is 10.1 Å². The first kappa shape index (κ1) is 28.3. The van der Waals surface area contributed by atoms with Gasteiger partial charge in [0, 0.05) is 39.0 Å². The van der Waals surface area contributed by atoms with Crippen molar-refractivity contribution in [3.05, 3.63) is 52.6 Å². The highest BCUT2D eigenvalue weighted by Gasteiger charge is 2.66. The molecule has 0 heterocycles. The molecule has 0 radical (unpaired) electrons. The number of nitrogens with zero attached hydrogens (tertiary/aromatic N) is 1. The van der Waals surface area contributed by atoms with Gasteiger partial charge in [-0.3, -0.25) is 14.4 Å². The van der Waals surface area contributed by atoms with E-state index >= 15 is 4.39 Å². The van der Waals surface area contributed by atoms with Crippen LogP contribution in [0, 0.1) is 34.5 Å². The van der Waals surface area contributed by atoms with Gasteiger partial charge in [0.2, 0.25) is 0 Å². The lowest BCUT2D eigenvalue weighted by molar-refractivity contribution is -0.150. The summed E-state index contributed by atoms with van der Waals surface area (Å²) >= 11 is 0. The quantitative estimate of drug-likeness (QED) is 0.425. The third kappa shape index (κ3) is 4.51. The monoisotopic (exact) mass is 547 g/mol. The van der Waals surface area contributed by atoms with Crippen LogP contribution >= 0.6 is 0 Å². The van der Waals surface area contributed by atoms with Gasteiger partial charge in [0.15, 0.2) is 18.2 Å². The Kier molecular flexibility index (Phi) is 7.52. The molecule has 1 N–H and O–H groups in total. The number of carbonyl (C=O) groups excluding carboxylic acids is 3. The lowest BCUT2D eigenvalue weighted by Crippen LogP contribution is -2.52. The van der Waals surface area contributed by atoms with E-state index in [1.54, 1.807) is 0 Å². The molecule has 2 fully saturated rings. The number of allylic oxidation sites excluding steroid dienone is 4. The number of fused-ring (bicyclic) bond motifs is 4. The Morgan fingerprint density at radius 2 is 1.93 bits per heavy atom. The highest BCUT2D eigenvalue weighted by molar-refractivity contribution is 5.93. The molecule has 0 saturated heterocycles. The smallest absolute Gasteiger partial charge is 0.303 e. The summed E-state index contributed by atoms with van der Waals surface area (Å²) in [6, 6.07) is 8.38. The van der Waals surface area contributed by atoms with Crippen LogP contribution in [0.5, 0.6) is 0 Å². The fraction of sp³-hybridized carbons (Fsp3) is 0.545.